The SMILES string of the molecule is CNC(=O)C(C)(C)CNC1CC(C)(C)Oc2ccccc21. The Balaban J connectivity index is 2.15. The van der Waals surface area contributed by atoms with Crippen LogP contribution in [0.4, 0.5) is 0 Å². The van der Waals surface area contributed by atoms with Gasteiger partial charge in [0.15, 0.2) is 0 Å². The molecule has 1 heterocycles. The zero-order valence-electron chi connectivity index (χ0n) is 13.6. The molecule has 116 valence electrons. The minimum absolute atomic E-state index is 0.0506. The van der Waals surface area contributed by atoms with Gasteiger partial charge in [0, 0.05) is 31.6 Å². The maximum absolute atomic E-state index is 11.9. The molecule has 1 atom stereocenters. The van der Waals surface area contributed by atoms with Crippen LogP contribution in [0.5, 0.6) is 5.75 Å². The number of fused-ring (bicyclic) bond motifs is 1. The molecule has 0 fully saturated rings. The predicted molar refractivity (Wildman–Crippen MR) is 84.4 cm³/mol. The number of hydrogen-bond donors (Lipinski definition) is 2. The standard InChI is InChI=1S/C17H26N2O2/c1-16(2,15(20)18-5)11-19-13-10-17(3,4)21-14-9-7-6-8-12(13)14/h6-9,13,19H,10-11H2,1-5H3,(H,18,20). The van der Waals surface area contributed by atoms with Crippen LogP contribution < -0.4 is 15.4 Å². The molecule has 1 unspecified atom stereocenters. The summed E-state index contributed by atoms with van der Waals surface area (Å²) in [6.07, 6.45) is 0.883. The summed E-state index contributed by atoms with van der Waals surface area (Å²) in [5, 5.41) is 6.27. The van der Waals surface area contributed by atoms with Crippen LogP contribution in [0.3, 0.4) is 0 Å². The lowest BCUT2D eigenvalue weighted by atomic mass is 9.87. The third-order valence-corrected chi connectivity index (χ3v) is 4.01. The Morgan fingerprint density at radius 1 is 1.38 bits per heavy atom. The Morgan fingerprint density at radius 2 is 2.05 bits per heavy atom. The van der Waals surface area contributed by atoms with Crippen molar-refractivity contribution in [2.45, 2.75) is 45.8 Å². The van der Waals surface area contributed by atoms with E-state index in [-0.39, 0.29) is 17.6 Å². The third-order valence-electron chi connectivity index (χ3n) is 4.01. The van der Waals surface area contributed by atoms with Gasteiger partial charge in [-0.25, -0.2) is 0 Å². The van der Waals surface area contributed by atoms with Crippen molar-refractivity contribution in [1.82, 2.24) is 10.6 Å². The molecule has 1 aliphatic rings. The summed E-state index contributed by atoms with van der Waals surface area (Å²) in [6.45, 7) is 8.73. The number of hydrogen-bond acceptors (Lipinski definition) is 3. The molecule has 0 radical (unpaired) electrons. The number of amides is 1. The van der Waals surface area contributed by atoms with E-state index in [9.17, 15) is 4.79 Å². The van der Waals surface area contributed by atoms with Crippen molar-refractivity contribution in [3.8, 4) is 5.75 Å². The number of para-hydroxylation sites is 1. The Kier molecular flexibility index (Phi) is 4.28. The number of benzene rings is 1. The highest BCUT2D eigenvalue weighted by molar-refractivity contribution is 5.81. The molecule has 4 nitrogen and oxygen atoms in total. The summed E-state index contributed by atoms with van der Waals surface area (Å²) in [5.74, 6) is 0.985. The molecule has 1 aromatic carbocycles. The normalized spacial score (nSPS) is 20.3. The second-order valence-electron chi connectivity index (χ2n) is 7.00. The van der Waals surface area contributed by atoms with Crippen molar-refractivity contribution in [2.75, 3.05) is 13.6 Å². The molecule has 0 aliphatic carbocycles. The van der Waals surface area contributed by atoms with Gasteiger partial charge in [0.2, 0.25) is 5.91 Å². The number of ether oxygens (including phenoxy) is 1. The second-order valence-corrected chi connectivity index (χ2v) is 7.00. The van der Waals surface area contributed by atoms with Gasteiger partial charge in [0.25, 0.3) is 0 Å². The highest BCUT2D eigenvalue weighted by Gasteiger charge is 2.35. The van der Waals surface area contributed by atoms with Gasteiger partial charge in [-0.15, -0.1) is 0 Å². The van der Waals surface area contributed by atoms with E-state index in [4.69, 9.17) is 4.74 Å². The predicted octanol–water partition coefficient (Wildman–Crippen LogP) is 2.65. The van der Waals surface area contributed by atoms with Crippen LogP contribution in [0.1, 0.15) is 45.7 Å². The highest BCUT2D eigenvalue weighted by atomic mass is 16.5. The molecule has 0 saturated carbocycles. The molecule has 1 aliphatic heterocycles. The van der Waals surface area contributed by atoms with E-state index in [0.29, 0.717) is 6.54 Å². The molecule has 0 bridgehead atoms. The summed E-state index contributed by atoms with van der Waals surface area (Å²) in [4.78, 5) is 11.9. The van der Waals surface area contributed by atoms with Crippen LogP contribution in [0, 0.1) is 5.41 Å². The summed E-state index contributed by atoms with van der Waals surface area (Å²) >= 11 is 0. The summed E-state index contributed by atoms with van der Waals surface area (Å²) in [5.41, 5.74) is 0.527. The molecule has 2 rings (SSSR count). The monoisotopic (exact) mass is 290 g/mol. The third kappa shape index (κ3) is 3.56. The number of rotatable bonds is 4. The first kappa shape index (κ1) is 15.8. The zero-order valence-corrected chi connectivity index (χ0v) is 13.6. The summed E-state index contributed by atoms with van der Waals surface area (Å²) in [6, 6.07) is 8.32. The first-order valence-electron chi connectivity index (χ1n) is 7.49. The number of nitrogens with one attached hydrogen (secondary N) is 2. The Hall–Kier alpha value is -1.55. The first-order valence-corrected chi connectivity index (χ1v) is 7.49. The average Bonchev–Trinajstić information content (AvgIpc) is 2.42. The van der Waals surface area contributed by atoms with Crippen molar-refractivity contribution in [3.63, 3.8) is 0 Å². The van der Waals surface area contributed by atoms with Crippen LogP contribution in [0.25, 0.3) is 0 Å². The van der Waals surface area contributed by atoms with E-state index in [0.717, 1.165) is 12.2 Å². The Bertz CT molecular complexity index is 523. The average molecular weight is 290 g/mol. The Labute approximate surface area is 127 Å². The molecular formula is C17H26N2O2. The lowest BCUT2D eigenvalue weighted by Gasteiger charge is -2.39. The van der Waals surface area contributed by atoms with Crippen LogP contribution in [0.2, 0.25) is 0 Å². The van der Waals surface area contributed by atoms with Crippen LogP contribution in [0.15, 0.2) is 24.3 Å². The van der Waals surface area contributed by atoms with Gasteiger partial charge in [0.1, 0.15) is 11.4 Å². The molecule has 0 aromatic heterocycles. The van der Waals surface area contributed by atoms with Gasteiger partial charge < -0.3 is 15.4 Å². The minimum atomic E-state index is -0.438. The van der Waals surface area contributed by atoms with Crippen molar-refractivity contribution in [1.29, 1.82) is 0 Å². The van der Waals surface area contributed by atoms with Crippen molar-refractivity contribution < 1.29 is 9.53 Å². The fourth-order valence-electron chi connectivity index (χ4n) is 2.78. The van der Waals surface area contributed by atoms with Gasteiger partial charge in [0.05, 0.1) is 5.41 Å². The molecule has 2 N–H and O–H groups in total. The molecule has 21 heavy (non-hydrogen) atoms. The molecule has 4 heteroatoms. The molecular weight excluding hydrogens is 264 g/mol. The van der Waals surface area contributed by atoms with Crippen LogP contribution in [-0.4, -0.2) is 25.1 Å². The van der Waals surface area contributed by atoms with E-state index in [1.807, 2.05) is 32.0 Å². The lowest BCUT2D eigenvalue weighted by molar-refractivity contribution is -0.128. The maximum atomic E-state index is 11.9. The second kappa shape index (κ2) is 5.68. The van der Waals surface area contributed by atoms with Gasteiger partial charge in [-0.3, -0.25) is 4.79 Å². The number of carbonyl (C=O) groups excluding carboxylic acids is 1. The van der Waals surface area contributed by atoms with Gasteiger partial charge in [-0.2, -0.15) is 0 Å². The first-order chi connectivity index (χ1) is 9.75. The molecule has 0 spiro atoms. The van der Waals surface area contributed by atoms with Gasteiger partial charge >= 0.3 is 0 Å². The highest BCUT2D eigenvalue weighted by Crippen LogP contribution is 2.39. The largest absolute Gasteiger partial charge is 0.487 e. The van der Waals surface area contributed by atoms with E-state index in [2.05, 4.69) is 30.5 Å². The van der Waals surface area contributed by atoms with E-state index < -0.39 is 5.41 Å². The van der Waals surface area contributed by atoms with Gasteiger partial charge in [-0.05, 0) is 33.8 Å². The molecule has 0 saturated heterocycles. The lowest BCUT2D eigenvalue weighted by Crippen LogP contribution is -2.46. The van der Waals surface area contributed by atoms with Crippen molar-refractivity contribution >= 4 is 5.91 Å². The fraction of sp³-hybridized carbons (Fsp3) is 0.588. The van der Waals surface area contributed by atoms with Crippen molar-refractivity contribution in [3.05, 3.63) is 29.8 Å². The van der Waals surface area contributed by atoms with Crippen LogP contribution in [-0.2, 0) is 4.79 Å². The van der Waals surface area contributed by atoms with E-state index >= 15 is 0 Å². The molecule has 1 aromatic rings. The van der Waals surface area contributed by atoms with Crippen LogP contribution >= 0.6 is 0 Å². The van der Waals surface area contributed by atoms with E-state index in [1.165, 1.54) is 5.56 Å². The number of carbonyl (C=O) groups is 1. The Morgan fingerprint density at radius 3 is 2.71 bits per heavy atom. The van der Waals surface area contributed by atoms with Gasteiger partial charge in [-0.1, -0.05) is 18.2 Å². The molecule has 1 amide bonds. The fourth-order valence-corrected chi connectivity index (χ4v) is 2.78. The topological polar surface area (TPSA) is 50.4 Å². The maximum Gasteiger partial charge on any atom is 0.226 e. The van der Waals surface area contributed by atoms with Crippen molar-refractivity contribution in [2.24, 2.45) is 5.41 Å². The zero-order chi connectivity index (χ0) is 15.7. The summed E-state index contributed by atoms with van der Waals surface area (Å²) in [7, 11) is 1.68. The van der Waals surface area contributed by atoms with E-state index in [1.54, 1.807) is 7.05 Å². The minimum Gasteiger partial charge on any atom is -0.487 e. The quantitative estimate of drug-likeness (QED) is 0.896. The smallest absolute Gasteiger partial charge is 0.226 e. The summed E-state index contributed by atoms with van der Waals surface area (Å²) < 4.78 is 6.03.